The van der Waals surface area contributed by atoms with Gasteiger partial charge in [0.2, 0.25) is 0 Å². The van der Waals surface area contributed by atoms with E-state index in [0.717, 1.165) is 6.17 Å². The standard InChI is InChI=1S/C4H11N2/c1-4(5)6(2)3/h5H2,1-3H3. The van der Waals surface area contributed by atoms with Gasteiger partial charge in [-0.05, 0) is 21.0 Å². The first-order chi connectivity index (χ1) is 2.64. The Morgan fingerprint density at radius 3 is 1.67 bits per heavy atom. The largest absolute Gasteiger partial charge is 0.311 e. The summed E-state index contributed by atoms with van der Waals surface area (Å²) in [5.41, 5.74) is 5.28. The van der Waals surface area contributed by atoms with E-state index >= 15 is 0 Å². The third kappa shape index (κ3) is 2.18. The predicted molar refractivity (Wildman–Crippen MR) is 26.8 cm³/mol. The second-order valence-corrected chi connectivity index (χ2v) is 1.54. The Bertz CT molecular complexity index is 26.5. The van der Waals surface area contributed by atoms with Gasteiger partial charge in [-0.2, -0.15) is 0 Å². The van der Waals surface area contributed by atoms with Crippen molar-refractivity contribution in [1.82, 2.24) is 4.90 Å². The Kier molecular flexibility index (Phi) is 2.13. The van der Waals surface area contributed by atoms with Crippen LogP contribution in [-0.4, -0.2) is 19.0 Å². The highest BCUT2D eigenvalue weighted by Crippen LogP contribution is 1.85. The van der Waals surface area contributed by atoms with Crippen LogP contribution in [0, 0.1) is 6.17 Å². The van der Waals surface area contributed by atoms with Crippen LogP contribution in [-0.2, 0) is 0 Å². The van der Waals surface area contributed by atoms with Crippen LogP contribution in [0.1, 0.15) is 6.92 Å². The molecule has 0 aromatic carbocycles. The Labute approximate surface area is 38.9 Å². The van der Waals surface area contributed by atoms with Crippen LogP contribution in [0.2, 0.25) is 0 Å². The third-order valence-electron chi connectivity index (χ3n) is 0.705. The SMILES string of the molecule is C[C](N)N(C)C. The van der Waals surface area contributed by atoms with Gasteiger partial charge in [0, 0.05) is 0 Å². The fourth-order valence-corrected chi connectivity index (χ4v) is 0. The number of nitrogens with two attached hydrogens (primary N) is 1. The van der Waals surface area contributed by atoms with Crippen molar-refractivity contribution in [3.63, 3.8) is 0 Å². The number of nitrogens with zero attached hydrogens (tertiary/aromatic N) is 1. The van der Waals surface area contributed by atoms with Crippen LogP contribution in [0.5, 0.6) is 0 Å². The number of hydrogen-bond acceptors (Lipinski definition) is 2. The third-order valence-corrected chi connectivity index (χ3v) is 0.705. The molecule has 2 heteroatoms. The van der Waals surface area contributed by atoms with Crippen molar-refractivity contribution in [2.75, 3.05) is 14.1 Å². The van der Waals surface area contributed by atoms with Crippen LogP contribution in [0.4, 0.5) is 0 Å². The van der Waals surface area contributed by atoms with Crippen LogP contribution in [0.15, 0.2) is 0 Å². The van der Waals surface area contributed by atoms with E-state index in [1.165, 1.54) is 0 Å². The summed E-state index contributed by atoms with van der Waals surface area (Å²) in [6.07, 6.45) is 0.843. The molecule has 6 heavy (non-hydrogen) atoms. The lowest BCUT2D eigenvalue weighted by Gasteiger charge is -2.10. The summed E-state index contributed by atoms with van der Waals surface area (Å²) in [6, 6.07) is 0. The highest BCUT2D eigenvalue weighted by molar-refractivity contribution is 4.68. The molecule has 0 atom stereocenters. The minimum atomic E-state index is 0.843. The Morgan fingerprint density at radius 1 is 1.50 bits per heavy atom. The molecule has 0 bridgehead atoms. The summed E-state index contributed by atoms with van der Waals surface area (Å²) >= 11 is 0. The Morgan fingerprint density at radius 2 is 1.67 bits per heavy atom. The van der Waals surface area contributed by atoms with Crippen molar-refractivity contribution >= 4 is 0 Å². The zero-order valence-electron chi connectivity index (χ0n) is 4.52. The maximum Gasteiger partial charge on any atom is 0.0973 e. The van der Waals surface area contributed by atoms with Gasteiger partial charge in [-0.25, -0.2) is 0 Å². The van der Waals surface area contributed by atoms with E-state index in [9.17, 15) is 0 Å². The van der Waals surface area contributed by atoms with Gasteiger partial charge in [-0.15, -0.1) is 0 Å². The molecule has 0 fully saturated rings. The van der Waals surface area contributed by atoms with E-state index in [2.05, 4.69) is 0 Å². The van der Waals surface area contributed by atoms with E-state index in [-0.39, 0.29) is 0 Å². The minimum Gasteiger partial charge on any atom is -0.311 e. The van der Waals surface area contributed by atoms with Crippen molar-refractivity contribution in [2.24, 2.45) is 5.73 Å². The lowest BCUT2D eigenvalue weighted by atomic mass is 10.6. The molecule has 2 N–H and O–H groups in total. The maximum absolute atomic E-state index is 5.28. The second-order valence-electron chi connectivity index (χ2n) is 1.54. The Balaban J connectivity index is 2.99. The van der Waals surface area contributed by atoms with Gasteiger partial charge in [-0.3, -0.25) is 4.90 Å². The van der Waals surface area contributed by atoms with Crippen LogP contribution < -0.4 is 5.73 Å². The van der Waals surface area contributed by atoms with Crippen molar-refractivity contribution in [3.05, 3.63) is 6.17 Å². The van der Waals surface area contributed by atoms with Gasteiger partial charge in [0.15, 0.2) is 0 Å². The van der Waals surface area contributed by atoms with Gasteiger partial charge in [0.05, 0.1) is 6.17 Å². The average molecular weight is 87.1 g/mol. The Hall–Kier alpha value is -0.0800. The molecule has 0 saturated carbocycles. The molecule has 0 saturated heterocycles. The van der Waals surface area contributed by atoms with E-state index in [4.69, 9.17) is 5.73 Å². The molecule has 0 aromatic heterocycles. The van der Waals surface area contributed by atoms with Gasteiger partial charge in [0.25, 0.3) is 0 Å². The van der Waals surface area contributed by atoms with E-state index in [0.29, 0.717) is 0 Å². The molecule has 1 radical (unpaired) electrons. The normalized spacial score (nSPS) is 11.0. The molecule has 0 heterocycles. The first-order valence-corrected chi connectivity index (χ1v) is 1.91. The van der Waals surface area contributed by atoms with Gasteiger partial charge in [0.1, 0.15) is 0 Å². The lowest BCUT2D eigenvalue weighted by molar-refractivity contribution is 0.424. The van der Waals surface area contributed by atoms with E-state index in [1.54, 1.807) is 0 Å². The van der Waals surface area contributed by atoms with Crippen molar-refractivity contribution in [2.45, 2.75) is 6.92 Å². The highest BCUT2D eigenvalue weighted by atomic mass is 15.2. The topological polar surface area (TPSA) is 29.3 Å². The van der Waals surface area contributed by atoms with Crippen molar-refractivity contribution in [1.29, 1.82) is 0 Å². The predicted octanol–water partition coefficient (Wildman–Crippen LogP) is 0.0161. The summed E-state index contributed by atoms with van der Waals surface area (Å²) in [5, 5.41) is 0. The van der Waals surface area contributed by atoms with Crippen LogP contribution >= 0.6 is 0 Å². The molecular formula is C4H11N2. The molecule has 0 aromatic rings. The van der Waals surface area contributed by atoms with Gasteiger partial charge < -0.3 is 5.73 Å². The van der Waals surface area contributed by atoms with Crippen LogP contribution in [0.3, 0.4) is 0 Å². The maximum atomic E-state index is 5.28. The second kappa shape index (κ2) is 2.16. The summed E-state index contributed by atoms with van der Waals surface area (Å²) in [4.78, 5) is 1.86. The number of rotatable bonds is 1. The highest BCUT2D eigenvalue weighted by Gasteiger charge is 1.92. The quantitative estimate of drug-likeness (QED) is 0.488. The van der Waals surface area contributed by atoms with Crippen LogP contribution in [0.25, 0.3) is 0 Å². The molecular weight excluding hydrogens is 76.1 g/mol. The fraction of sp³-hybridized carbons (Fsp3) is 0.750. The monoisotopic (exact) mass is 87.1 g/mol. The zero-order chi connectivity index (χ0) is 5.15. The molecule has 37 valence electrons. The summed E-state index contributed by atoms with van der Waals surface area (Å²) in [7, 11) is 3.82. The summed E-state index contributed by atoms with van der Waals surface area (Å²) in [5.74, 6) is 0. The molecule has 0 unspecified atom stereocenters. The lowest BCUT2D eigenvalue weighted by Crippen LogP contribution is -2.23. The molecule has 0 spiro atoms. The number of hydrogen-bond donors (Lipinski definition) is 1. The van der Waals surface area contributed by atoms with Gasteiger partial charge >= 0.3 is 0 Å². The van der Waals surface area contributed by atoms with Crippen molar-refractivity contribution < 1.29 is 0 Å². The smallest absolute Gasteiger partial charge is 0.0973 e. The first-order valence-electron chi connectivity index (χ1n) is 1.91. The zero-order valence-corrected chi connectivity index (χ0v) is 4.52. The molecule has 0 amide bonds. The molecule has 0 aliphatic rings. The molecule has 0 aliphatic carbocycles. The van der Waals surface area contributed by atoms with Crippen molar-refractivity contribution in [3.8, 4) is 0 Å². The molecule has 0 aliphatic heterocycles. The molecule has 2 nitrogen and oxygen atoms in total. The minimum absolute atomic E-state index is 0.843. The summed E-state index contributed by atoms with van der Waals surface area (Å²) < 4.78 is 0. The molecule has 0 rings (SSSR count). The summed E-state index contributed by atoms with van der Waals surface area (Å²) in [6.45, 7) is 1.86. The van der Waals surface area contributed by atoms with E-state index in [1.807, 2.05) is 25.9 Å². The fourth-order valence-electron chi connectivity index (χ4n) is 0. The first kappa shape index (κ1) is 5.92. The average Bonchev–Trinajstić information content (AvgIpc) is 1.36. The van der Waals surface area contributed by atoms with E-state index < -0.39 is 0 Å². The van der Waals surface area contributed by atoms with Gasteiger partial charge in [-0.1, -0.05) is 0 Å².